The minimum Gasteiger partial charge on any atom is -0.355 e. The van der Waals surface area contributed by atoms with Crippen LogP contribution in [0.2, 0.25) is 0 Å². The van der Waals surface area contributed by atoms with Gasteiger partial charge in [-0.3, -0.25) is 4.99 Å². The molecule has 0 radical (unpaired) electrons. The van der Waals surface area contributed by atoms with Crippen LogP contribution in [0.4, 0.5) is 0 Å². The quantitative estimate of drug-likeness (QED) is 0.391. The van der Waals surface area contributed by atoms with Gasteiger partial charge in [0.2, 0.25) is 0 Å². The average molecular weight is 465 g/mol. The minimum absolute atomic E-state index is 0. The number of nitrogens with zero attached hydrogens (tertiary/aromatic N) is 1. The van der Waals surface area contributed by atoms with Gasteiger partial charge in [-0.15, -0.1) is 24.0 Å². The monoisotopic (exact) mass is 465 g/mol. The van der Waals surface area contributed by atoms with Gasteiger partial charge in [0.15, 0.2) is 15.8 Å². The lowest BCUT2D eigenvalue weighted by Gasteiger charge is -2.11. The maximum absolute atomic E-state index is 12.1. The van der Waals surface area contributed by atoms with E-state index >= 15 is 0 Å². The minimum atomic E-state index is -3.27. The number of guanidine groups is 1. The summed E-state index contributed by atoms with van der Waals surface area (Å²) in [6, 6.07) is 10.5. The second kappa shape index (κ2) is 9.89. The third-order valence-electron chi connectivity index (χ3n) is 3.03. The topological polar surface area (TPSA) is 70.6 Å². The van der Waals surface area contributed by atoms with Crippen molar-refractivity contribution in [3.05, 3.63) is 52.7 Å². The molecule has 0 spiro atoms. The van der Waals surface area contributed by atoms with Crippen LogP contribution in [0.3, 0.4) is 0 Å². The number of benzene rings is 1. The number of thiophene rings is 1. The fourth-order valence-electron chi connectivity index (χ4n) is 1.85. The number of nitrogens with one attached hydrogen (secondary N) is 2. The third kappa shape index (κ3) is 6.48. The van der Waals surface area contributed by atoms with E-state index in [1.807, 2.05) is 11.4 Å². The van der Waals surface area contributed by atoms with Gasteiger partial charge in [0.05, 0.1) is 10.6 Å². The van der Waals surface area contributed by atoms with E-state index in [1.165, 1.54) is 5.56 Å². The van der Waals surface area contributed by atoms with Crippen LogP contribution in [0.1, 0.15) is 5.56 Å². The molecule has 1 aromatic carbocycles. The summed E-state index contributed by atoms with van der Waals surface area (Å²) in [6.07, 6.45) is 0. The van der Waals surface area contributed by atoms with E-state index in [1.54, 1.807) is 48.7 Å². The molecule has 2 aromatic rings. The van der Waals surface area contributed by atoms with Crippen LogP contribution in [-0.2, 0) is 16.4 Å². The number of sulfone groups is 1. The molecule has 0 unspecified atom stereocenters. The van der Waals surface area contributed by atoms with Gasteiger partial charge in [0.1, 0.15) is 0 Å². The molecule has 1 heterocycles. The van der Waals surface area contributed by atoms with Gasteiger partial charge in [0.25, 0.3) is 0 Å². The highest BCUT2D eigenvalue weighted by molar-refractivity contribution is 14.0. The van der Waals surface area contributed by atoms with Gasteiger partial charge in [-0.05, 0) is 34.5 Å². The van der Waals surface area contributed by atoms with Crippen molar-refractivity contribution >= 4 is 51.1 Å². The average Bonchev–Trinajstić information content (AvgIpc) is 3.05. The maximum Gasteiger partial charge on any atom is 0.191 e. The predicted octanol–water partition coefficient (Wildman–Crippen LogP) is 2.51. The summed E-state index contributed by atoms with van der Waals surface area (Å²) < 4.78 is 24.3. The Kier molecular flexibility index (Phi) is 8.56. The first kappa shape index (κ1) is 19.9. The van der Waals surface area contributed by atoms with Crippen LogP contribution in [-0.4, -0.2) is 33.7 Å². The molecular formula is C15H20IN3O2S2. The lowest BCUT2D eigenvalue weighted by molar-refractivity contribution is 0.594. The SMILES string of the molecule is CN=C(NCCS(=O)(=O)c1ccccc1)NCc1ccsc1.I. The van der Waals surface area contributed by atoms with Gasteiger partial charge in [0, 0.05) is 20.1 Å². The first-order valence-electron chi connectivity index (χ1n) is 6.85. The van der Waals surface area contributed by atoms with Crippen molar-refractivity contribution in [2.24, 2.45) is 4.99 Å². The zero-order chi connectivity index (χ0) is 15.8. The van der Waals surface area contributed by atoms with E-state index < -0.39 is 9.84 Å². The molecule has 0 aliphatic rings. The highest BCUT2D eigenvalue weighted by Crippen LogP contribution is 2.09. The Morgan fingerprint density at radius 2 is 1.91 bits per heavy atom. The van der Waals surface area contributed by atoms with Crippen molar-refractivity contribution in [2.45, 2.75) is 11.4 Å². The van der Waals surface area contributed by atoms with Gasteiger partial charge < -0.3 is 10.6 Å². The van der Waals surface area contributed by atoms with Crippen molar-refractivity contribution in [1.29, 1.82) is 0 Å². The molecule has 1 aromatic heterocycles. The number of hydrogen-bond acceptors (Lipinski definition) is 4. The van der Waals surface area contributed by atoms with E-state index in [2.05, 4.69) is 21.0 Å². The number of rotatable bonds is 6. The van der Waals surface area contributed by atoms with E-state index in [-0.39, 0.29) is 29.7 Å². The van der Waals surface area contributed by atoms with Crippen molar-refractivity contribution in [2.75, 3.05) is 19.3 Å². The molecule has 5 nitrogen and oxygen atoms in total. The van der Waals surface area contributed by atoms with E-state index in [0.29, 0.717) is 23.9 Å². The normalized spacial score (nSPS) is 11.6. The number of halogens is 1. The molecular weight excluding hydrogens is 445 g/mol. The van der Waals surface area contributed by atoms with Crippen LogP contribution in [0.5, 0.6) is 0 Å². The summed E-state index contributed by atoms with van der Waals surface area (Å²) in [4.78, 5) is 4.43. The lowest BCUT2D eigenvalue weighted by Crippen LogP contribution is -2.39. The Morgan fingerprint density at radius 3 is 2.52 bits per heavy atom. The van der Waals surface area contributed by atoms with Gasteiger partial charge >= 0.3 is 0 Å². The summed E-state index contributed by atoms with van der Waals surface area (Å²) in [5, 5.41) is 10.2. The van der Waals surface area contributed by atoms with E-state index in [9.17, 15) is 8.42 Å². The maximum atomic E-state index is 12.1. The van der Waals surface area contributed by atoms with Gasteiger partial charge in [-0.2, -0.15) is 11.3 Å². The second-order valence-corrected chi connectivity index (χ2v) is 7.51. The second-order valence-electron chi connectivity index (χ2n) is 4.62. The van der Waals surface area contributed by atoms with E-state index in [4.69, 9.17) is 0 Å². The van der Waals surface area contributed by atoms with Gasteiger partial charge in [-0.25, -0.2) is 8.42 Å². The van der Waals surface area contributed by atoms with Crippen molar-refractivity contribution in [3.63, 3.8) is 0 Å². The molecule has 0 bridgehead atoms. The van der Waals surface area contributed by atoms with Crippen LogP contribution in [0.25, 0.3) is 0 Å². The molecule has 0 saturated heterocycles. The molecule has 0 atom stereocenters. The molecule has 0 saturated carbocycles. The lowest BCUT2D eigenvalue weighted by atomic mass is 10.3. The Bertz CT molecular complexity index is 702. The highest BCUT2D eigenvalue weighted by Gasteiger charge is 2.13. The largest absolute Gasteiger partial charge is 0.355 e. The zero-order valence-corrected chi connectivity index (χ0v) is 16.7. The predicted molar refractivity (Wildman–Crippen MR) is 106 cm³/mol. The molecule has 0 amide bonds. The summed E-state index contributed by atoms with van der Waals surface area (Å²) in [7, 11) is -1.60. The Morgan fingerprint density at radius 1 is 1.17 bits per heavy atom. The molecule has 2 rings (SSSR count). The molecule has 23 heavy (non-hydrogen) atoms. The Balaban J connectivity index is 0.00000264. The fourth-order valence-corrected chi connectivity index (χ4v) is 3.70. The Hall–Kier alpha value is -1.13. The first-order valence-corrected chi connectivity index (χ1v) is 9.45. The summed E-state index contributed by atoms with van der Waals surface area (Å²) >= 11 is 1.64. The van der Waals surface area contributed by atoms with E-state index in [0.717, 1.165) is 0 Å². The number of aliphatic imine (C=N–C) groups is 1. The van der Waals surface area contributed by atoms with Crippen molar-refractivity contribution < 1.29 is 8.42 Å². The third-order valence-corrected chi connectivity index (χ3v) is 5.49. The molecule has 0 aliphatic carbocycles. The molecule has 2 N–H and O–H groups in total. The van der Waals surface area contributed by atoms with Crippen LogP contribution < -0.4 is 10.6 Å². The molecule has 0 aliphatic heterocycles. The van der Waals surface area contributed by atoms with Crippen LogP contribution >= 0.6 is 35.3 Å². The first-order chi connectivity index (χ1) is 10.6. The fraction of sp³-hybridized carbons (Fsp3) is 0.267. The summed E-state index contributed by atoms with van der Waals surface area (Å²) in [5.41, 5.74) is 1.17. The zero-order valence-electron chi connectivity index (χ0n) is 12.7. The van der Waals surface area contributed by atoms with Crippen LogP contribution in [0.15, 0.2) is 57.0 Å². The van der Waals surface area contributed by atoms with Crippen molar-refractivity contribution in [1.82, 2.24) is 10.6 Å². The Labute approximate surface area is 158 Å². The molecule has 0 fully saturated rings. The van der Waals surface area contributed by atoms with Crippen molar-refractivity contribution in [3.8, 4) is 0 Å². The molecule has 8 heteroatoms. The summed E-state index contributed by atoms with van der Waals surface area (Å²) in [5.74, 6) is 0.616. The standard InChI is InChI=1S/C15H19N3O2S2.HI/c1-16-15(18-11-13-7-9-21-12-13)17-8-10-22(19,20)14-5-3-2-4-6-14;/h2-7,9,12H,8,10-11H2,1H3,(H2,16,17,18);1H. The van der Waals surface area contributed by atoms with Gasteiger partial charge in [-0.1, -0.05) is 18.2 Å². The van der Waals surface area contributed by atoms with Crippen LogP contribution in [0, 0.1) is 0 Å². The smallest absolute Gasteiger partial charge is 0.191 e. The summed E-state index contributed by atoms with van der Waals surface area (Å²) in [6.45, 7) is 0.967. The number of hydrogen-bond donors (Lipinski definition) is 2. The molecule has 126 valence electrons. The highest BCUT2D eigenvalue weighted by atomic mass is 127.